The van der Waals surface area contributed by atoms with Crippen LogP contribution in [0.4, 0.5) is 0 Å². The highest BCUT2D eigenvalue weighted by atomic mass is 16.3. The Morgan fingerprint density at radius 2 is 1.70 bits per heavy atom. The van der Waals surface area contributed by atoms with Crippen LogP contribution in [0.3, 0.4) is 0 Å². The molecule has 0 radical (unpaired) electrons. The lowest BCUT2D eigenvalue weighted by atomic mass is 9.79. The van der Waals surface area contributed by atoms with Gasteiger partial charge in [-0.05, 0) is 64.8 Å². The quantitative estimate of drug-likeness (QED) is 0.719. The van der Waals surface area contributed by atoms with E-state index in [0.717, 1.165) is 32.5 Å². The summed E-state index contributed by atoms with van der Waals surface area (Å²) in [6, 6.07) is 0. The first-order valence-corrected chi connectivity index (χ1v) is 8.31. The predicted molar refractivity (Wildman–Crippen MR) is 87.0 cm³/mol. The zero-order valence-corrected chi connectivity index (χ0v) is 14.5. The van der Waals surface area contributed by atoms with Gasteiger partial charge in [-0.2, -0.15) is 0 Å². The van der Waals surface area contributed by atoms with Gasteiger partial charge in [0.25, 0.3) is 0 Å². The third kappa shape index (κ3) is 5.71. The van der Waals surface area contributed by atoms with E-state index in [1.807, 2.05) is 0 Å². The second-order valence-corrected chi connectivity index (χ2v) is 8.00. The molecule has 0 aromatic carbocycles. The molecule has 0 aromatic heterocycles. The molecule has 0 spiro atoms. The third-order valence-electron chi connectivity index (χ3n) is 4.88. The first kappa shape index (κ1) is 17.9. The van der Waals surface area contributed by atoms with Gasteiger partial charge in [0.2, 0.25) is 0 Å². The molecule has 0 unspecified atom stereocenters. The maximum absolute atomic E-state index is 9.40. The van der Waals surface area contributed by atoms with E-state index in [1.165, 1.54) is 12.8 Å². The molecule has 0 aliphatic heterocycles. The lowest BCUT2D eigenvalue weighted by Crippen LogP contribution is -2.49. The van der Waals surface area contributed by atoms with Crippen molar-refractivity contribution in [1.82, 2.24) is 10.2 Å². The molecule has 1 aliphatic rings. The number of aliphatic hydroxyl groups is 1. The number of hydrogen-bond acceptors (Lipinski definition) is 3. The number of aliphatic hydroxyl groups excluding tert-OH is 1. The summed E-state index contributed by atoms with van der Waals surface area (Å²) in [7, 11) is 2.24. The molecule has 1 rings (SSSR count). The van der Waals surface area contributed by atoms with Gasteiger partial charge >= 0.3 is 0 Å². The first-order chi connectivity index (χ1) is 9.19. The lowest BCUT2D eigenvalue weighted by Gasteiger charge is -2.41. The van der Waals surface area contributed by atoms with Crippen molar-refractivity contribution in [1.29, 1.82) is 0 Å². The van der Waals surface area contributed by atoms with Gasteiger partial charge in [0.05, 0.1) is 6.10 Å². The van der Waals surface area contributed by atoms with Gasteiger partial charge in [-0.3, -0.25) is 0 Å². The van der Waals surface area contributed by atoms with Gasteiger partial charge in [-0.1, -0.05) is 13.8 Å². The number of nitrogens with one attached hydrogen (secondary N) is 1. The van der Waals surface area contributed by atoms with Crippen molar-refractivity contribution in [3.05, 3.63) is 0 Å². The molecule has 20 heavy (non-hydrogen) atoms. The summed E-state index contributed by atoms with van der Waals surface area (Å²) in [4.78, 5) is 2.48. The molecule has 2 N–H and O–H groups in total. The molecule has 0 atom stereocenters. The van der Waals surface area contributed by atoms with Crippen LogP contribution in [0.5, 0.6) is 0 Å². The molecule has 120 valence electrons. The zero-order chi connectivity index (χ0) is 15.4. The monoisotopic (exact) mass is 284 g/mol. The van der Waals surface area contributed by atoms with E-state index in [-0.39, 0.29) is 11.6 Å². The van der Waals surface area contributed by atoms with Crippen LogP contribution in [0.25, 0.3) is 0 Å². The van der Waals surface area contributed by atoms with Gasteiger partial charge < -0.3 is 15.3 Å². The van der Waals surface area contributed by atoms with Gasteiger partial charge in [0.1, 0.15) is 0 Å². The van der Waals surface area contributed by atoms with E-state index in [2.05, 4.69) is 51.9 Å². The van der Waals surface area contributed by atoms with E-state index in [0.29, 0.717) is 11.3 Å². The molecule has 0 saturated heterocycles. The standard InChI is InChI=1S/C17H36N2O/c1-7-17(8-2,12-18-16(3,4)5)13-19(6)11-14-9-15(20)10-14/h14-15,18,20H,7-13H2,1-6H3. The second-order valence-electron chi connectivity index (χ2n) is 8.00. The normalized spacial score (nSPS) is 24.0. The van der Waals surface area contributed by atoms with Crippen molar-refractivity contribution in [3.8, 4) is 0 Å². The Hall–Kier alpha value is -0.120. The van der Waals surface area contributed by atoms with E-state index >= 15 is 0 Å². The molecule has 0 heterocycles. The van der Waals surface area contributed by atoms with Crippen LogP contribution in [-0.2, 0) is 0 Å². The Morgan fingerprint density at radius 1 is 1.15 bits per heavy atom. The summed E-state index contributed by atoms with van der Waals surface area (Å²) < 4.78 is 0. The van der Waals surface area contributed by atoms with Crippen LogP contribution in [0.2, 0.25) is 0 Å². The Morgan fingerprint density at radius 3 is 2.10 bits per heavy atom. The Kier molecular flexibility index (Phi) is 6.49. The summed E-state index contributed by atoms with van der Waals surface area (Å²) >= 11 is 0. The average Bonchev–Trinajstić information content (AvgIpc) is 2.32. The van der Waals surface area contributed by atoms with Crippen molar-refractivity contribution in [2.75, 3.05) is 26.7 Å². The zero-order valence-electron chi connectivity index (χ0n) is 14.5. The van der Waals surface area contributed by atoms with Crippen molar-refractivity contribution in [2.24, 2.45) is 11.3 Å². The van der Waals surface area contributed by atoms with Gasteiger partial charge in [-0.15, -0.1) is 0 Å². The summed E-state index contributed by atoms with van der Waals surface area (Å²) in [5.41, 5.74) is 0.552. The third-order valence-corrected chi connectivity index (χ3v) is 4.88. The summed E-state index contributed by atoms with van der Waals surface area (Å²) in [6.07, 6.45) is 4.39. The number of hydrogen-bond donors (Lipinski definition) is 2. The van der Waals surface area contributed by atoms with E-state index < -0.39 is 0 Å². The van der Waals surface area contributed by atoms with E-state index in [4.69, 9.17) is 0 Å². The van der Waals surface area contributed by atoms with Gasteiger partial charge in [-0.25, -0.2) is 0 Å². The molecule has 1 saturated carbocycles. The van der Waals surface area contributed by atoms with Crippen molar-refractivity contribution < 1.29 is 5.11 Å². The lowest BCUT2D eigenvalue weighted by molar-refractivity contribution is 0.0203. The van der Waals surface area contributed by atoms with Crippen LogP contribution in [-0.4, -0.2) is 48.3 Å². The van der Waals surface area contributed by atoms with Gasteiger partial charge in [0.15, 0.2) is 0 Å². The SMILES string of the molecule is CCC(CC)(CNC(C)(C)C)CN(C)CC1CC(O)C1. The minimum absolute atomic E-state index is 0.0296. The van der Waals surface area contributed by atoms with Gasteiger partial charge in [0, 0.05) is 25.2 Å². The van der Waals surface area contributed by atoms with Crippen molar-refractivity contribution in [3.63, 3.8) is 0 Å². The van der Waals surface area contributed by atoms with Crippen LogP contribution < -0.4 is 5.32 Å². The number of nitrogens with zero attached hydrogens (tertiary/aromatic N) is 1. The highest BCUT2D eigenvalue weighted by Crippen LogP contribution is 2.31. The molecular weight excluding hydrogens is 248 g/mol. The maximum atomic E-state index is 9.40. The number of rotatable bonds is 8. The molecular formula is C17H36N2O. The fraction of sp³-hybridized carbons (Fsp3) is 1.00. The van der Waals surface area contributed by atoms with Crippen LogP contribution in [0.1, 0.15) is 60.3 Å². The van der Waals surface area contributed by atoms with E-state index in [9.17, 15) is 5.11 Å². The topological polar surface area (TPSA) is 35.5 Å². The minimum atomic E-state index is -0.0296. The van der Waals surface area contributed by atoms with Crippen LogP contribution in [0.15, 0.2) is 0 Å². The second kappa shape index (κ2) is 7.24. The molecule has 3 heteroatoms. The summed E-state index contributed by atoms with van der Waals surface area (Å²) in [5, 5.41) is 13.1. The Balaban J connectivity index is 2.47. The summed E-state index contributed by atoms with van der Waals surface area (Å²) in [6.45, 7) is 14.7. The molecule has 1 fully saturated rings. The molecule has 1 aliphatic carbocycles. The largest absolute Gasteiger partial charge is 0.393 e. The fourth-order valence-corrected chi connectivity index (χ4v) is 3.16. The highest BCUT2D eigenvalue weighted by Gasteiger charge is 2.32. The molecule has 3 nitrogen and oxygen atoms in total. The smallest absolute Gasteiger partial charge is 0.0546 e. The predicted octanol–water partition coefficient (Wildman–Crippen LogP) is 2.88. The fourth-order valence-electron chi connectivity index (χ4n) is 3.16. The molecule has 0 bridgehead atoms. The average molecular weight is 284 g/mol. The Labute approximate surface area is 126 Å². The summed E-state index contributed by atoms with van der Waals surface area (Å²) in [5.74, 6) is 0.706. The van der Waals surface area contributed by atoms with Crippen LogP contribution >= 0.6 is 0 Å². The van der Waals surface area contributed by atoms with Crippen molar-refractivity contribution >= 4 is 0 Å². The minimum Gasteiger partial charge on any atom is -0.393 e. The molecule has 0 amide bonds. The molecule has 0 aromatic rings. The Bertz CT molecular complexity index is 275. The first-order valence-electron chi connectivity index (χ1n) is 8.31. The van der Waals surface area contributed by atoms with Crippen molar-refractivity contribution in [2.45, 2.75) is 71.9 Å². The van der Waals surface area contributed by atoms with Crippen LogP contribution in [0, 0.1) is 11.3 Å². The highest BCUT2D eigenvalue weighted by molar-refractivity contribution is 4.87. The van der Waals surface area contributed by atoms with E-state index in [1.54, 1.807) is 0 Å². The maximum Gasteiger partial charge on any atom is 0.0546 e.